The molecule has 1 amide bonds. The molecule has 0 fully saturated rings. The Morgan fingerprint density at radius 2 is 2.11 bits per heavy atom. The Morgan fingerprint density at radius 3 is 2.74 bits per heavy atom. The maximum Gasteiger partial charge on any atom is 0.410 e. The van der Waals surface area contributed by atoms with Crippen molar-refractivity contribution in [1.82, 2.24) is 19.7 Å². The first-order valence-electron chi connectivity index (χ1n) is 6.06. The van der Waals surface area contributed by atoms with E-state index in [1.54, 1.807) is 0 Å². The molecule has 0 spiro atoms. The third-order valence-corrected chi connectivity index (χ3v) is 2.74. The van der Waals surface area contributed by atoms with E-state index in [1.165, 1.54) is 9.47 Å². The lowest BCUT2D eigenvalue weighted by Gasteiger charge is -2.27. The molecule has 2 heterocycles. The number of ether oxygens (including phenoxy) is 1. The summed E-state index contributed by atoms with van der Waals surface area (Å²) in [5, 5.41) is 16.3. The first kappa shape index (κ1) is 13.3. The van der Waals surface area contributed by atoms with Crippen LogP contribution in [0, 0.1) is 5.92 Å². The Morgan fingerprint density at radius 1 is 1.37 bits per heavy atom. The number of hydrogen-bond donors (Lipinski definition) is 1. The lowest BCUT2D eigenvalue weighted by molar-refractivity contribution is 0.0669. The van der Waals surface area contributed by atoms with Crippen LogP contribution in [0.25, 0.3) is 0 Å². The van der Waals surface area contributed by atoms with E-state index >= 15 is 0 Å². The van der Waals surface area contributed by atoms with Gasteiger partial charge in [0.05, 0.1) is 13.2 Å². The summed E-state index contributed by atoms with van der Waals surface area (Å²) in [6.45, 7) is 5.25. The van der Waals surface area contributed by atoms with E-state index in [0.29, 0.717) is 25.5 Å². The van der Waals surface area contributed by atoms with Gasteiger partial charge in [-0.2, -0.15) is 0 Å². The molecule has 0 radical (unpaired) electrons. The summed E-state index contributed by atoms with van der Waals surface area (Å²) >= 11 is 0. The quantitative estimate of drug-likeness (QED) is 0.861. The molecule has 1 N–H and O–H groups in total. The van der Waals surface area contributed by atoms with E-state index < -0.39 is 12.1 Å². The predicted molar refractivity (Wildman–Crippen MR) is 63.6 cm³/mol. The smallest absolute Gasteiger partial charge is 0.410 e. The summed E-state index contributed by atoms with van der Waals surface area (Å²) in [6, 6.07) is 0. The zero-order valence-electron chi connectivity index (χ0n) is 10.9. The third-order valence-electron chi connectivity index (χ3n) is 2.74. The average molecular weight is 268 g/mol. The maximum absolute atomic E-state index is 11.8. The summed E-state index contributed by atoms with van der Waals surface area (Å²) in [4.78, 5) is 24.2. The molecule has 1 aromatic rings. The minimum atomic E-state index is -1.12. The Kier molecular flexibility index (Phi) is 3.68. The molecule has 0 aliphatic carbocycles. The maximum atomic E-state index is 11.8. The number of carboxylic acid groups (broad SMARTS) is 1. The van der Waals surface area contributed by atoms with Gasteiger partial charge in [-0.15, -0.1) is 10.2 Å². The molecule has 0 unspecified atom stereocenters. The van der Waals surface area contributed by atoms with Crippen LogP contribution >= 0.6 is 0 Å². The van der Waals surface area contributed by atoms with Crippen LogP contribution in [0.2, 0.25) is 0 Å². The second-order valence-electron chi connectivity index (χ2n) is 4.79. The molecule has 0 saturated carbocycles. The number of fused-ring (bicyclic) bond motifs is 1. The lowest BCUT2D eigenvalue weighted by atomic mass is 10.2. The minimum Gasteiger partial charge on any atom is -0.475 e. The van der Waals surface area contributed by atoms with E-state index in [4.69, 9.17) is 9.84 Å². The van der Waals surface area contributed by atoms with Crippen molar-refractivity contribution in [1.29, 1.82) is 0 Å². The monoisotopic (exact) mass is 268 g/mol. The molecule has 2 rings (SSSR count). The summed E-state index contributed by atoms with van der Waals surface area (Å²) in [5.74, 6) is -0.471. The van der Waals surface area contributed by atoms with Crippen molar-refractivity contribution in [2.45, 2.75) is 26.9 Å². The number of hydrogen-bond acceptors (Lipinski definition) is 5. The second kappa shape index (κ2) is 5.25. The number of nitrogens with zero attached hydrogens (tertiary/aromatic N) is 4. The molecule has 0 atom stereocenters. The molecule has 104 valence electrons. The van der Waals surface area contributed by atoms with Gasteiger partial charge in [-0.05, 0) is 5.92 Å². The fourth-order valence-electron chi connectivity index (χ4n) is 1.80. The summed E-state index contributed by atoms with van der Waals surface area (Å²) in [6.07, 6.45) is -0.403. The van der Waals surface area contributed by atoms with E-state index in [9.17, 15) is 9.59 Å². The van der Waals surface area contributed by atoms with E-state index in [-0.39, 0.29) is 18.3 Å². The number of amides is 1. The Balaban J connectivity index is 2.02. The van der Waals surface area contributed by atoms with Crippen LogP contribution in [-0.4, -0.2) is 50.0 Å². The molecule has 1 aliphatic heterocycles. The molecule has 8 nitrogen and oxygen atoms in total. The van der Waals surface area contributed by atoms with Crippen LogP contribution in [0.1, 0.15) is 30.3 Å². The molecule has 0 aromatic carbocycles. The molecule has 1 aliphatic rings. The molecule has 0 bridgehead atoms. The van der Waals surface area contributed by atoms with E-state index in [2.05, 4.69) is 10.2 Å². The Hall–Kier alpha value is -2.12. The van der Waals surface area contributed by atoms with Crippen LogP contribution in [0.15, 0.2) is 0 Å². The predicted octanol–water partition coefficient (Wildman–Crippen LogP) is 0.585. The van der Waals surface area contributed by atoms with Crippen molar-refractivity contribution in [3.63, 3.8) is 0 Å². The van der Waals surface area contributed by atoms with Crippen LogP contribution in [0.3, 0.4) is 0 Å². The fraction of sp³-hybridized carbons (Fsp3) is 0.636. The number of carbonyl (C=O) groups is 2. The average Bonchev–Trinajstić information content (AvgIpc) is 2.78. The second-order valence-corrected chi connectivity index (χ2v) is 4.79. The molecular formula is C11H16N4O4. The number of aromatic nitrogens is 3. The molecule has 0 saturated heterocycles. The largest absolute Gasteiger partial charge is 0.475 e. The van der Waals surface area contributed by atoms with Crippen LogP contribution < -0.4 is 0 Å². The zero-order valence-corrected chi connectivity index (χ0v) is 10.9. The van der Waals surface area contributed by atoms with Gasteiger partial charge < -0.3 is 14.4 Å². The molecular weight excluding hydrogens is 252 g/mol. The Bertz CT molecular complexity index is 497. The summed E-state index contributed by atoms with van der Waals surface area (Å²) in [5.41, 5.74) is 0. The van der Waals surface area contributed by atoms with E-state index in [1.807, 2.05) is 13.8 Å². The highest BCUT2D eigenvalue weighted by Gasteiger charge is 2.27. The molecule has 8 heteroatoms. The number of aromatic carboxylic acids is 1. The van der Waals surface area contributed by atoms with Gasteiger partial charge >= 0.3 is 12.1 Å². The van der Waals surface area contributed by atoms with Crippen molar-refractivity contribution in [3.8, 4) is 0 Å². The lowest BCUT2D eigenvalue weighted by Crippen LogP contribution is -2.39. The Labute approximate surface area is 110 Å². The van der Waals surface area contributed by atoms with E-state index in [0.717, 1.165) is 0 Å². The van der Waals surface area contributed by atoms with Crippen molar-refractivity contribution >= 4 is 12.1 Å². The van der Waals surface area contributed by atoms with Gasteiger partial charge in [0.2, 0.25) is 5.82 Å². The SMILES string of the molecule is CC(C)COC(=O)N1CCn2c(nnc2C(=O)O)C1. The topological polar surface area (TPSA) is 97.5 Å². The fourth-order valence-corrected chi connectivity index (χ4v) is 1.80. The van der Waals surface area contributed by atoms with Gasteiger partial charge in [-0.25, -0.2) is 9.59 Å². The highest BCUT2D eigenvalue weighted by atomic mass is 16.6. The zero-order chi connectivity index (χ0) is 14.0. The van der Waals surface area contributed by atoms with Crippen LogP contribution in [0.4, 0.5) is 4.79 Å². The van der Waals surface area contributed by atoms with Crippen molar-refractivity contribution in [2.75, 3.05) is 13.2 Å². The van der Waals surface area contributed by atoms with Gasteiger partial charge in [0.25, 0.3) is 0 Å². The van der Waals surface area contributed by atoms with Gasteiger partial charge in [-0.3, -0.25) is 4.90 Å². The van der Waals surface area contributed by atoms with Crippen LogP contribution in [-0.2, 0) is 17.8 Å². The van der Waals surface area contributed by atoms with Crippen molar-refractivity contribution in [3.05, 3.63) is 11.6 Å². The number of carbonyl (C=O) groups excluding carboxylic acids is 1. The van der Waals surface area contributed by atoms with Crippen LogP contribution in [0.5, 0.6) is 0 Å². The summed E-state index contributed by atoms with van der Waals surface area (Å²) < 4.78 is 6.63. The number of carboxylic acids is 1. The highest BCUT2D eigenvalue weighted by Crippen LogP contribution is 2.13. The third kappa shape index (κ3) is 2.83. The minimum absolute atomic E-state index is 0.0924. The van der Waals surface area contributed by atoms with Crippen molar-refractivity contribution in [2.24, 2.45) is 5.92 Å². The molecule has 1 aromatic heterocycles. The normalized spacial score (nSPS) is 14.4. The highest BCUT2D eigenvalue weighted by molar-refractivity contribution is 5.83. The summed E-state index contributed by atoms with van der Waals surface area (Å²) in [7, 11) is 0. The van der Waals surface area contributed by atoms with Gasteiger partial charge in [-0.1, -0.05) is 13.8 Å². The van der Waals surface area contributed by atoms with Crippen molar-refractivity contribution < 1.29 is 19.4 Å². The van der Waals surface area contributed by atoms with Gasteiger partial charge in [0.1, 0.15) is 0 Å². The molecule has 19 heavy (non-hydrogen) atoms. The first-order valence-corrected chi connectivity index (χ1v) is 6.06. The van der Waals surface area contributed by atoms with Gasteiger partial charge in [0, 0.05) is 13.1 Å². The standard InChI is InChI=1S/C11H16N4O4/c1-7(2)6-19-11(18)14-3-4-15-8(5-14)12-13-9(15)10(16)17/h7H,3-6H2,1-2H3,(H,16,17). The van der Waals surface area contributed by atoms with Gasteiger partial charge in [0.15, 0.2) is 5.82 Å². The number of rotatable bonds is 3. The first-order chi connectivity index (χ1) is 8.99.